The Kier molecular flexibility index (Phi) is 6.82. The first-order valence-electron chi connectivity index (χ1n) is 7.91. The number of hydrogen-bond acceptors (Lipinski definition) is 2. The van der Waals surface area contributed by atoms with E-state index >= 15 is 0 Å². The standard InChI is InChI=1S/C19H25NO/c1-2-15-20-16-7-6-8-17-11-13-19(14-12-17)21-18-9-4-3-5-10-18/h3-5,9-14,20H,2,6-8,15-16H2,1H3. The number of hydrogen-bond donors (Lipinski definition) is 1. The molecule has 0 amide bonds. The van der Waals surface area contributed by atoms with Gasteiger partial charge in [0, 0.05) is 0 Å². The Labute approximate surface area is 128 Å². The van der Waals surface area contributed by atoms with E-state index in [2.05, 4.69) is 36.5 Å². The molecule has 2 nitrogen and oxygen atoms in total. The summed E-state index contributed by atoms with van der Waals surface area (Å²) in [5.74, 6) is 1.78. The molecule has 0 saturated carbocycles. The summed E-state index contributed by atoms with van der Waals surface area (Å²) in [6, 6.07) is 18.3. The molecular weight excluding hydrogens is 258 g/mol. The average molecular weight is 283 g/mol. The van der Waals surface area contributed by atoms with Crippen LogP contribution in [0.4, 0.5) is 0 Å². The van der Waals surface area contributed by atoms with Gasteiger partial charge in [-0.1, -0.05) is 37.3 Å². The predicted octanol–water partition coefficient (Wildman–Crippen LogP) is 4.80. The second-order valence-corrected chi connectivity index (χ2v) is 5.27. The molecule has 0 fully saturated rings. The van der Waals surface area contributed by atoms with Crippen molar-refractivity contribution in [3.05, 3.63) is 60.2 Å². The summed E-state index contributed by atoms with van der Waals surface area (Å²) in [5, 5.41) is 3.44. The fourth-order valence-electron chi connectivity index (χ4n) is 2.23. The predicted molar refractivity (Wildman–Crippen MR) is 89.1 cm³/mol. The fraction of sp³-hybridized carbons (Fsp3) is 0.368. The van der Waals surface area contributed by atoms with E-state index in [1.165, 1.54) is 24.8 Å². The van der Waals surface area contributed by atoms with E-state index in [0.29, 0.717) is 0 Å². The SMILES string of the molecule is CCCNCCCCc1ccc(Oc2ccccc2)cc1. The molecular formula is C19H25NO. The van der Waals surface area contributed by atoms with Crippen molar-refractivity contribution in [1.82, 2.24) is 5.32 Å². The number of benzene rings is 2. The maximum atomic E-state index is 5.79. The zero-order chi connectivity index (χ0) is 14.8. The molecule has 2 aromatic rings. The third-order valence-corrected chi connectivity index (χ3v) is 3.40. The van der Waals surface area contributed by atoms with Crippen molar-refractivity contribution in [2.45, 2.75) is 32.6 Å². The van der Waals surface area contributed by atoms with E-state index < -0.39 is 0 Å². The van der Waals surface area contributed by atoms with E-state index in [-0.39, 0.29) is 0 Å². The Bertz CT molecular complexity index is 493. The molecule has 2 rings (SSSR count). The van der Waals surface area contributed by atoms with Crippen LogP contribution < -0.4 is 10.1 Å². The van der Waals surface area contributed by atoms with Crippen molar-refractivity contribution < 1.29 is 4.74 Å². The number of para-hydroxylation sites is 1. The van der Waals surface area contributed by atoms with Gasteiger partial charge in [-0.05, 0) is 68.6 Å². The summed E-state index contributed by atoms with van der Waals surface area (Å²) in [7, 11) is 0. The number of unbranched alkanes of at least 4 members (excludes halogenated alkanes) is 1. The third-order valence-electron chi connectivity index (χ3n) is 3.40. The van der Waals surface area contributed by atoms with Crippen LogP contribution in [0.3, 0.4) is 0 Å². The number of nitrogens with one attached hydrogen (secondary N) is 1. The lowest BCUT2D eigenvalue weighted by Gasteiger charge is -2.07. The molecule has 2 heteroatoms. The molecule has 0 spiro atoms. The van der Waals surface area contributed by atoms with Crippen LogP contribution in [-0.4, -0.2) is 13.1 Å². The second kappa shape index (κ2) is 9.19. The van der Waals surface area contributed by atoms with Gasteiger partial charge in [0.1, 0.15) is 11.5 Å². The van der Waals surface area contributed by atoms with Gasteiger partial charge in [0.15, 0.2) is 0 Å². The molecule has 0 heterocycles. The third kappa shape index (κ3) is 6.01. The fourth-order valence-corrected chi connectivity index (χ4v) is 2.23. The summed E-state index contributed by atoms with van der Waals surface area (Å²) in [5.41, 5.74) is 1.38. The van der Waals surface area contributed by atoms with Crippen LogP contribution in [0.25, 0.3) is 0 Å². The number of ether oxygens (including phenoxy) is 1. The van der Waals surface area contributed by atoms with Crippen molar-refractivity contribution in [3.63, 3.8) is 0 Å². The Hall–Kier alpha value is -1.80. The molecule has 0 aliphatic rings. The van der Waals surface area contributed by atoms with Gasteiger partial charge >= 0.3 is 0 Å². The van der Waals surface area contributed by atoms with Crippen molar-refractivity contribution in [2.24, 2.45) is 0 Å². The highest BCUT2D eigenvalue weighted by molar-refractivity contribution is 5.32. The highest BCUT2D eigenvalue weighted by Crippen LogP contribution is 2.21. The molecule has 0 saturated heterocycles. The smallest absolute Gasteiger partial charge is 0.127 e. The molecule has 0 radical (unpaired) electrons. The highest BCUT2D eigenvalue weighted by atomic mass is 16.5. The zero-order valence-electron chi connectivity index (χ0n) is 12.8. The van der Waals surface area contributed by atoms with Gasteiger partial charge in [-0.25, -0.2) is 0 Å². The monoisotopic (exact) mass is 283 g/mol. The minimum atomic E-state index is 0.882. The lowest BCUT2D eigenvalue weighted by atomic mass is 10.1. The normalized spacial score (nSPS) is 10.5. The summed E-state index contributed by atoms with van der Waals surface area (Å²) < 4.78 is 5.79. The van der Waals surface area contributed by atoms with Gasteiger partial charge in [-0.3, -0.25) is 0 Å². The van der Waals surface area contributed by atoms with Crippen LogP contribution >= 0.6 is 0 Å². The summed E-state index contributed by atoms with van der Waals surface area (Å²) in [6.07, 6.45) is 4.82. The van der Waals surface area contributed by atoms with Gasteiger partial charge in [0.25, 0.3) is 0 Å². The van der Waals surface area contributed by atoms with Crippen molar-refractivity contribution in [1.29, 1.82) is 0 Å². The minimum absolute atomic E-state index is 0.882. The molecule has 0 aliphatic carbocycles. The van der Waals surface area contributed by atoms with Crippen LogP contribution in [0.5, 0.6) is 11.5 Å². The quantitative estimate of drug-likeness (QED) is 0.667. The average Bonchev–Trinajstić information content (AvgIpc) is 2.53. The van der Waals surface area contributed by atoms with Crippen molar-refractivity contribution in [3.8, 4) is 11.5 Å². The largest absolute Gasteiger partial charge is 0.457 e. The first-order valence-corrected chi connectivity index (χ1v) is 7.91. The first-order chi connectivity index (χ1) is 10.4. The molecule has 0 atom stereocenters. The van der Waals surface area contributed by atoms with E-state index in [1.54, 1.807) is 0 Å². The molecule has 0 aromatic heterocycles. The topological polar surface area (TPSA) is 21.3 Å². The molecule has 112 valence electrons. The van der Waals surface area contributed by atoms with E-state index in [0.717, 1.165) is 31.0 Å². The van der Waals surface area contributed by atoms with E-state index in [9.17, 15) is 0 Å². The van der Waals surface area contributed by atoms with Crippen LogP contribution in [0.15, 0.2) is 54.6 Å². The Morgan fingerprint density at radius 2 is 1.52 bits per heavy atom. The van der Waals surface area contributed by atoms with Gasteiger partial charge in [-0.2, -0.15) is 0 Å². The van der Waals surface area contributed by atoms with Gasteiger partial charge in [-0.15, -0.1) is 0 Å². The number of rotatable bonds is 9. The van der Waals surface area contributed by atoms with Crippen LogP contribution in [0.2, 0.25) is 0 Å². The molecule has 0 unspecified atom stereocenters. The summed E-state index contributed by atoms with van der Waals surface area (Å²) >= 11 is 0. The van der Waals surface area contributed by atoms with Crippen LogP contribution in [0, 0.1) is 0 Å². The zero-order valence-corrected chi connectivity index (χ0v) is 12.8. The van der Waals surface area contributed by atoms with E-state index in [4.69, 9.17) is 4.74 Å². The lowest BCUT2D eigenvalue weighted by molar-refractivity contribution is 0.482. The van der Waals surface area contributed by atoms with Crippen LogP contribution in [0.1, 0.15) is 31.7 Å². The second-order valence-electron chi connectivity index (χ2n) is 5.27. The Morgan fingerprint density at radius 1 is 0.810 bits per heavy atom. The maximum absolute atomic E-state index is 5.79. The summed E-state index contributed by atoms with van der Waals surface area (Å²) in [4.78, 5) is 0. The molecule has 0 bridgehead atoms. The van der Waals surface area contributed by atoms with Gasteiger partial charge < -0.3 is 10.1 Å². The number of aryl methyl sites for hydroxylation is 1. The molecule has 2 aromatic carbocycles. The Morgan fingerprint density at radius 3 is 2.24 bits per heavy atom. The summed E-state index contributed by atoms with van der Waals surface area (Å²) in [6.45, 7) is 4.46. The molecule has 0 aliphatic heterocycles. The van der Waals surface area contributed by atoms with E-state index in [1.807, 2.05) is 30.3 Å². The Balaban J connectivity index is 1.72. The first kappa shape index (κ1) is 15.6. The lowest BCUT2D eigenvalue weighted by Crippen LogP contribution is -2.15. The van der Waals surface area contributed by atoms with Crippen molar-refractivity contribution in [2.75, 3.05) is 13.1 Å². The minimum Gasteiger partial charge on any atom is -0.457 e. The van der Waals surface area contributed by atoms with Gasteiger partial charge in [0.2, 0.25) is 0 Å². The van der Waals surface area contributed by atoms with Gasteiger partial charge in [0.05, 0.1) is 0 Å². The highest BCUT2D eigenvalue weighted by Gasteiger charge is 1.98. The maximum Gasteiger partial charge on any atom is 0.127 e. The molecule has 21 heavy (non-hydrogen) atoms. The van der Waals surface area contributed by atoms with Crippen molar-refractivity contribution >= 4 is 0 Å². The van der Waals surface area contributed by atoms with Crippen LogP contribution in [-0.2, 0) is 6.42 Å². The molecule has 1 N–H and O–H groups in total.